The maximum atomic E-state index is 13.1. The first-order valence-corrected chi connectivity index (χ1v) is 11.6. The van der Waals surface area contributed by atoms with Gasteiger partial charge >= 0.3 is 11.9 Å². The van der Waals surface area contributed by atoms with Crippen molar-refractivity contribution in [2.45, 2.75) is 81.3 Å². The molecule has 0 amide bonds. The number of aliphatic hydroxyl groups is 5. The highest BCUT2D eigenvalue weighted by Gasteiger charge is 2.97. The van der Waals surface area contributed by atoms with Gasteiger partial charge in [0.1, 0.15) is 17.4 Å². The molecule has 5 rings (SSSR count). The highest BCUT2D eigenvalue weighted by molar-refractivity contribution is 5.88. The molecule has 3 aliphatic carbocycles. The Balaban J connectivity index is 1.83. The van der Waals surface area contributed by atoms with Gasteiger partial charge < -0.3 is 40.0 Å². The summed E-state index contributed by atoms with van der Waals surface area (Å²) in [5.41, 5.74) is -11.4. The van der Waals surface area contributed by atoms with E-state index in [9.17, 15) is 35.1 Å². The zero-order valence-electron chi connectivity index (χ0n) is 20.0. The van der Waals surface area contributed by atoms with E-state index < -0.39 is 70.9 Å². The van der Waals surface area contributed by atoms with Gasteiger partial charge in [-0.1, -0.05) is 27.4 Å². The maximum absolute atomic E-state index is 13.1. The lowest BCUT2D eigenvalue weighted by molar-refractivity contribution is -0.296. The molecule has 6 N–H and O–H groups in total. The van der Waals surface area contributed by atoms with Crippen LogP contribution in [-0.2, 0) is 14.3 Å². The first-order valence-electron chi connectivity index (χ1n) is 11.6. The van der Waals surface area contributed by atoms with Crippen molar-refractivity contribution in [3.63, 3.8) is 0 Å². The van der Waals surface area contributed by atoms with E-state index in [2.05, 4.69) is 11.6 Å². The van der Waals surface area contributed by atoms with Crippen molar-refractivity contribution in [1.82, 2.24) is 4.98 Å². The van der Waals surface area contributed by atoms with Crippen molar-refractivity contribution in [1.29, 1.82) is 0 Å². The van der Waals surface area contributed by atoms with Crippen molar-refractivity contribution in [3.8, 4) is 0 Å². The molecule has 1 aromatic heterocycles. The van der Waals surface area contributed by atoms with Gasteiger partial charge in [0.2, 0.25) is 5.60 Å². The molecule has 2 bridgehead atoms. The van der Waals surface area contributed by atoms with Gasteiger partial charge in [0.05, 0.1) is 12.5 Å². The molecule has 4 aliphatic rings. The summed E-state index contributed by atoms with van der Waals surface area (Å²) in [6.07, 6.45) is -4.35. The zero-order chi connectivity index (χ0) is 25.9. The highest BCUT2D eigenvalue weighted by Crippen LogP contribution is 2.77. The molecule has 2 saturated carbocycles. The van der Waals surface area contributed by atoms with Crippen LogP contribution in [0.3, 0.4) is 0 Å². The third kappa shape index (κ3) is 2.25. The lowest BCUT2D eigenvalue weighted by Gasteiger charge is -2.59. The second kappa shape index (κ2) is 6.83. The summed E-state index contributed by atoms with van der Waals surface area (Å²) in [7, 11) is 0. The predicted octanol–water partition coefficient (Wildman–Crippen LogP) is 0.107. The van der Waals surface area contributed by atoms with Gasteiger partial charge in [-0.15, -0.1) is 0 Å². The molecule has 1 aliphatic heterocycles. The van der Waals surface area contributed by atoms with Crippen LogP contribution in [0.4, 0.5) is 0 Å². The minimum atomic E-state index is -2.58. The second-order valence-electron chi connectivity index (χ2n) is 10.9. The number of nitrogens with one attached hydrogen (secondary N) is 1. The van der Waals surface area contributed by atoms with E-state index in [1.807, 2.05) is 0 Å². The number of hydrogen-bond acceptors (Lipinski definition) is 9. The summed E-state index contributed by atoms with van der Waals surface area (Å²) < 4.78 is 11.5. The molecule has 1 saturated heterocycles. The average molecular weight is 490 g/mol. The first-order chi connectivity index (χ1) is 16.2. The largest absolute Gasteiger partial charge is 0.450 e. The predicted molar refractivity (Wildman–Crippen MR) is 120 cm³/mol. The summed E-state index contributed by atoms with van der Waals surface area (Å²) in [6, 6.07) is 3.08. The molecule has 10 nitrogen and oxygen atoms in total. The topological polar surface area (TPSA) is 170 Å². The Morgan fingerprint density at radius 3 is 2.51 bits per heavy atom. The van der Waals surface area contributed by atoms with Gasteiger partial charge in [-0.2, -0.15) is 0 Å². The van der Waals surface area contributed by atoms with Crippen molar-refractivity contribution in [2.24, 2.45) is 11.3 Å². The van der Waals surface area contributed by atoms with Crippen molar-refractivity contribution in [3.05, 3.63) is 47.3 Å². The first kappa shape index (κ1) is 24.2. The van der Waals surface area contributed by atoms with Gasteiger partial charge in [0, 0.05) is 18.0 Å². The number of esters is 2. The Labute approximate surface area is 201 Å². The molecule has 8 atom stereocenters. The van der Waals surface area contributed by atoms with Crippen LogP contribution in [0.2, 0.25) is 0 Å². The third-order valence-electron chi connectivity index (χ3n) is 9.19. The number of aromatic amines is 1. The van der Waals surface area contributed by atoms with Crippen molar-refractivity contribution < 1.29 is 44.6 Å². The molecule has 10 heteroatoms. The fraction of sp³-hybridized carbons (Fsp3) is 0.600. The van der Waals surface area contributed by atoms with Crippen LogP contribution in [0.25, 0.3) is 0 Å². The maximum Gasteiger partial charge on any atom is 0.355 e. The van der Waals surface area contributed by atoms with Crippen LogP contribution in [-0.4, -0.2) is 83.2 Å². The molecule has 0 unspecified atom stereocenters. The van der Waals surface area contributed by atoms with E-state index in [1.54, 1.807) is 19.9 Å². The molecular formula is C25H31NO9. The normalized spacial score (nSPS) is 46.5. The number of fused-ring (bicyclic) bond motifs is 2. The Morgan fingerprint density at radius 1 is 1.29 bits per heavy atom. The number of hydrogen-bond donors (Lipinski definition) is 6. The number of rotatable bonds is 3. The molecule has 35 heavy (non-hydrogen) atoms. The molecule has 2 heterocycles. The van der Waals surface area contributed by atoms with Gasteiger partial charge in [-0.05, 0) is 41.7 Å². The summed E-state index contributed by atoms with van der Waals surface area (Å²) in [6.45, 7) is 10.2. The second-order valence-corrected chi connectivity index (χ2v) is 10.9. The summed E-state index contributed by atoms with van der Waals surface area (Å²) in [5, 5.41) is 59.4. The fourth-order valence-electron chi connectivity index (χ4n) is 7.55. The standard InChI is InChI=1S/C25H31NO9/c1-11(2)17-13(4)23(32)24(33,19(17)34-20(30)14-7-6-8-26-14)21(5)10-16(28)35-25(23)18(29)12(3)15(27)9-22(21,25)31/h6-8,11,15,18-19,26-27,29,31-33H,3,9-10H2,1-2,4-5H3/t15-,18+,19+,21-,22-,23+,24+,25+/m0/s1. The zero-order valence-corrected chi connectivity index (χ0v) is 20.0. The summed E-state index contributed by atoms with van der Waals surface area (Å²) in [4.78, 5) is 28.7. The van der Waals surface area contributed by atoms with Crippen LogP contribution in [0, 0.1) is 11.3 Å². The summed E-state index contributed by atoms with van der Waals surface area (Å²) >= 11 is 0. The summed E-state index contributed by atoms with van der Waals surface area (Å²) in [5.74, 6) is -2.04. The van der Waals surface area contributed by atoms with Crippen LogP contribution in [0.15, 0.2) is 41.6 Å². The van der Waals surface area contributed by atoms with E-state index >= 15 is 0 Å². The minimum absolute atomic E-state index is 0.0985. The lowest BCUT2D eigenvalue weighted by atomic mass is 9.55. The van der Waals surface area contributed by atoms with Gasteiger partial charge in [-0.25, -0.2) is 4.79 Å². The molecule has 1 aromatic rings. The van der Waals surface area contributed by atoms with E-state index in [4.69, 9.17) is 9.47 Å². The smallest absolute Gasteiger partial charge is 0.355 e. The number of carbonyl (C=O) groups excluding carboxylic acids is 2. The Hall–Kier alpha value is -2.50. The van der Waals surface area contributed by atoms with Crippen LogP contribution in [0.5, 0.6) is 0 Å². The monoisotopic (exact) mass is 489 g/mol. The van der Waals surface area contributed by atoms with E-state index in [0.29, 0.717) is 5.57 Å². The van der Waals surface area contributed by atoms with Crippen molar-refractivity contribution >= 4 is 11.9 Å². The van der Waals surface area contributed by atoms with Gasteiger partial charge in [0.15, 0.2) is 17.3 Å². The average Bonchev–Trinajstić information content (AvgIpc) is 3.38. The Kier molecular flexibility index (Phi) is 4.72. The Bertz CT molecular complexity index is 1170. The number of aromatic nitrogens is 1. The lowest BCUT2D eigenvalue weighted by Crippen LogP contribution is -2.78. The van der Waals surface area contributed by atoms with Gasteiger partial charge in [0.25, 0.3) is 0 Å². The van der Waals surface area contributed by atoms with E-state index in [0.717, 1.165) is 0 Å². The molecule has 3 fully saturated rings. The molecular weight excluding hydrogens is 458 g/mol. The minimum Gasteiger partial charge on any atom is -0.450 e. The number of H-pyrrole nitrogens is 1. The third-order valence-corrected chi connectivity index (χ3v) is 9.19. The number of ether oxygens (including phenoxy) is 2. The Morgan fingerprint density at radius 2 is 1.94 bits per heavy atom. The fourth-order valence-corrected chi connectivity index (χ4v) is 7.55. The van der Waals surface area contributed by atoms with Crippen LogP contribution < -0.4 is 0 Å². The van der Waals surface area contributed by atoms with Crippen LogP contribution in [0.1, 0.15) is 51.0 Å². The number of aliphatic hydroxyl groups excluding tert-OH is 2. The number of carbonyl (C=O) groups is 2. The molecule has 0 aromatic carbocycles. The van der Waals surface area contributed by atoms with Crippen LogP contribution >= 0.6 is 0 Å². The highest BCUT2D eigenvalue weighted by atomic mass is 16.6. The molecule has 0 spiro atoms. The molecule has 0 radical (unpaired) electrons. The quantitative estimate of drug-likeness (QED) is 0.255. The van der Waals surface area contributed by atoms with Crippen molar-refractivity contribution in [2.75, 3.05) is 0 Å². The SMILES string of the molecule is C=C1[C@@H](O)[C@@]23OC(=O)C[C@@](C)([C@@]2(O)C[C@@H]1O)[C@]1(O)[C@H](OC(=O)c2ccc[nH]2)C(C(C)C)=C(C)[C@@]13O. The van der Waals surface area contributed by atoms with E-state index in [1.165, 1.54) is 26.1 Å². The molecule has 190 valence electrons. The van der Waals surface area contributed by atoms with E-state index in [-0.39, 0.29) is 22.8 Å². The van der Waals surface area contributed by atoms with Gasteiger partial charge in [-0.3, -0.25) is 4.79 Å².